The van der Waals surface area contributed by atoms with Gasteiger partial charge in [-0.25, -0.2) is 9.97 Å². The second-order valence-electron chi connectivity index (χ2n) is 5.22. The number of halogens is 2. The molecule has 1 saturated carbocycles. The predicted molar refractivity (Wildman–Crippen MR) is 80.8 cm³/mol. The summed E-state index contributed by atoms with van der Waals surface area (Å²) in [7, 11) is 1.72. The van der Waals surface area contributed by atoms with Crippen molar-refractivity contribution in [1.82, 2.24) is 9.97 Å². The Hall–Kier alpha value is 0.0600. The zero-order chi connectivity index (χ0) is 13.3. The van der Waals surface area contributed by atoms with E-state index in [1.54, 1.807) is 7.11 Å². The molecule has 1 atom stereocenters. The van der Waals surface area contributed by atoms with Crippen LogP contribution in [0.25, 0.3) is 0 Å². The quantitative estimate of drug-likeness (QED) is 0.571. The van der Waals surface area contributed by atoms with Crippen molar-refractivity contribution >= 4 is 34.2 Å². The maximum absolute atomic E-state index is 6.21. The number of ether oxygens (including phenoxy) is 1. The number of hydrogen-bond donors (Lipinski definition) is 0. The summed E-state index contributed by atoms with van der Waals surface area (Å²) in [6.45, 7) is 4.36. The van der Waals surface area contributed by atoms with Crippen molar-refractivity contribution in [1.29, 1.82) is 0 Å². The molecule has 0 radical (unpaired) electrons. The van der Waals surface area contributed by atoms with E-state index in [0.717, 1.165) is 21.5 Å². The van der Waals surface area contributed by atoms with Crippen LogP contribution in [-0.4, -0.2) is 17.1 Å². The maximum Gasteiger partial charge on any atom is 0.159 e. The lowest BCUT2D eigenvalue weighted by molar-refractivity contribution is 0.0769. The fraction of sp³-hybridized carbons (Fsp3) is 0.692. The SMILES string of the molecule is COC(c1nc(Cl)c(I)c(CC(C)C)n1)C1CC1. The molecule has 0 amide bonds. The molecule has 100 valence electrons. The molecule has 5 heteroatoms. The number of aromatic nitrogens is 2. The Kier molecular flexibility index (Phi) is 4.83. The molecule has 1 unspecified atom stereocenters. The molecule has 0 bridgehead atoms. The summed E-state index contributed by atoms with van der Waals surface area (Å²) in [5.41, 5.74) is 1.04. The van der Waals surface area contributed by atoms with Gasteiger partial charge in [0.2, 0.25) is 0 Å². The average Bonchev–Trinajstić information content (AvgIpc) is 3.10. The lowest BCUT2D eigenvalue weighted by Crippen LogP contribution is -2.13. The van der Waals surface area contributed by atoms with Gasteiger partial charge < -0.3 is 4.74 Å². The van der Waals surface area contributed by atoms with Crippen molar-refractivity contribution in [2.24, 2.45) is 11.8 Å². The Labute approximate surface area is 127 Å². The number of hydrogen-bond acceptors (Lipinski definition) is 3. The van der Waals surface area contributed by atoms with Gasteiger partial charge in [-0.2, -0.15) is 0 Å². The summed E-state index contributed by atoms with van der Waals surface area (Å²) in [6.07, 6.45) is 3.33. The smallest absolute Gasteiger partial charge is 0.159 e. The van der Waals surface area contributed by atoms with Gasteiger partial charge in [-0.15, -0.1) is 0 Å². The molecule has 0 aromatic carbocycles. The fourth-order valence-electron chi connectivity index (χ4n) is 2.04. The van der Waals surface area contributed by atoms with Crippen molar-refractivity contribution in [3.63, 3.8) is 0 Å². The minimum atomic E-state index is 0.00501. The first-order valence-corrected chi connectivity index (χ1v) is 7.73. The van der Waals surface area contributed by atoms with Crippen LogP contribution in [0, 0.1) is 15.4 Å². The van der Waals surface area contributed by atoms with E-state index in [9.17, 15) is 0 Å². The summed E-state index contributed by atoms with van der Waals surface area (Å²) in [5, 5.41) is 0.555. The van der Waals surface area contributed by atoms with Gasteiger partial charge in [0.05, 0.1) is 9.26 Å². The normalized spacial score (nSPS) is 17.2. The van der Waals surface area contributed by atoms with Gasteiger partial charge in [0, 0.05) is 7.11 Å². The van der Waals surface area contributed by atoms with Crippen LogP contribution in [0.15, 0.2) is 0 Å². The van der Waals surface area contributed by atoms with E-state index in [0.29, 0.717) is 17.0 Å². The monoisotopic (exact) mass is 380 g/mol. The van der Waals surface area contributed by atoms with Crippen LogP contribution >= 0.6 is 34.2 Å². The molecular weight excluding hydrogens is 363 g/mol. The lowest BCUT2D eigenvalue weighted by atomic mass is 10.1. The highest BCUT2D eigenvalue weighted by molar-refractivity contribution is 14.1. The molecule has 1 heterocycles. The Morgan fingerprint density at radius 1 is 1.39 bits per heavy atom. The molecule has 18 heavy (non-hydrogen) atoms. The molecule has 0 saturated heterocycles. The van der Waals surface area contributed by atoms with Crippen molar-refractivity contribution in [2.45, 2.75) is 39.2 Å². The Bertz CT molecular complexity index is 435. The standard InChI is InChI=1S/C13H18ClIN2O/c1-7(2)6-9-10(15)12(14)17-13(16-9)11(18-3)8-4-5-8/h7-8,11H,4-6H2,1-3H3. The molecule has 2 rings (SSSR count). The first-order chi connectivity index (χ1) is 8.52. The third-order valence-corrected chi connectivity index (χ3v) is 4.78. The van der Waals surface area contributed by atoms with E-state index in [-0.39, 0.29) is 6.10 Å². The van der Waals surface area contributed by atoms with Crippen LogP contribution in [0.3, 0.4) is 0 Å². The highest BCUT2D eigenvalue weighted by Gasteiger charge is 2.35. The zero-order valence-electron chi connectivity index (χ0n) is 10.9. The van der Waals surface area contributed by atoms with E-state index in [2.05, 4.69) is 46.4 Å². The van der Waals surface area contributed by atoms with Crippen molar-refractivity contribution in [3.8, 4) is 0 Å². The average molecular weight is 381 g/mol. The van der Waals surface area contributed by atoms with Crippen LogP contribution in [0.2, 0.25) is 5.15 Å². The van der Waals surface area contributed by atoms with Gasteiger partial charge in [0.1, 0.15) is 11.3 Å². The summed E-state index contributed by atoms with van der Waals surface area (Å²) >= 11 is 8.44. The van der Waals surface area contributed by atoms with E-state index < -0.39 is 0 Å². The summed E-state index contributed by atoms with van der Waals surface area (Å²) in [5.74, 6) is 1.87. The van der Waals surface area contributed by atoms with E-state index in [1.807, 2.05) is 0 Å². The van der Waals surface area contributed by atoms with Gasteiger partial charge in [-0.3, -0.25) is 0 Å². The number of methoxy groups -OCH3 is 1. The second kappa shape index (κ2) is 6.01. The molecule has 1 fully saturated rings. The highest BCUT2D eigenvalue weighted by Crippen LogP contribution is 2.42. The van der Waals surface area contributed by atoms with E-state index in [4.69, 9.17) is 16.3 Å². The lowest BCUT2D eigenvalue weighted by Gasteiger charge is -2.16. The van der Waals surface area contributed by atoms with Crippen LogP contribution in [0.4, 0.5) is 0 Å². The molecular formula is C13H18ClIN2O. The van der Waals surface area contributed by atoms with Crippen molar-refractivity contribution in [3.05, 3.63) is 20.2 Å². The summed E-state index contributed by atoms with van der Waals surface area (Å²) < 4.78 is 6.50. The van der Waals surface area contributed by atoms with Gasteiger partial charge in [-0.1, -0.05) is 25.4 Å². The van der Waals surface area contributed by atoms with E-state index in [1.165, 1.54) is 12.8 Å². The predicted octanol–water partition coefficient (Wildman–Crippen LogP) is 4.03. The minimum absolute atomic E-state index is 0.00501. The van der Waals surface area contributed by atoms with Crippen LogP contribution < -0.4 is 0 Å². The second-order valence-corrected chi connectivity index (χ2v) is 6.66. The number of nitrogens with zero attached hydrogens (tertiary/aromatic N) is 2. The first kappa shape index (κ1) is 14.5. The fourth-order valence-corrected chi connectivity index (χ4v) is 2.69. The largest absolute Gasteiger partial charge is 0.373 e. The topological polar surface area (TPSA) is 35.0 Å². The molecule has 3 nitrogen and oxygen atoms in total. The molecule has 0 spiro atoms. The summed E-state index contributed by atoms with van der Waals surface area (Å²) in [6, 6.07) is 0. The van der Waals surface area contributed by atoms with Crippen LogP contribution in [0.5, 0.6) is 0 Å². The molecule has 1 aliphatic carbocycles. The number of rotatable bonds is 5. The Balaban J connectivity index is 2.33. The minimum Gasteiger partial charge on any atom is -0.373 e. The van der Waals surface area contributed by atoms with E-state index >= 15 is 0 Å². The zero-order valence-corrected chi connectivity index (χ0v) is 13.8. The van der Waals surface area contributed by atoms with Crippen LogP contribution in [-0.2, 0) is 11.2 Å². The van der Waals surface area contributed by atoms with Crippen LogP contribution in [0.1, 0.15) is 44.3 Å². The van der Waals surface area contributed by atoms with Gasteiger partial charge in [0.15, 0.2) is 5.82 Å². The Morgan fingerprint density at radius 3 is 2.56 bits per heavy atom. The Morgan fingerprint density at radius 2 is 2.06 bits per heavy atom. The van der Waals surface area contributed by atoms with Gasteiger partial charge in [-0.05, 0) is 53.7 Å². The van der Waals surface area contributed by atoms with Crippen molar-refractivity contribution in [2.75, 3.05) is 7.11 Å². The molecule has 0 aliphatic heterocycles. The maximum atomic E-state index is 6.21. The summed E-state index contributed by atoms with van der Waals surface area (Å²) in [4.78, 5) is 9.07. The first-order valence-electron chi connectivity index (χ1n) is 6.27. The molecule has 0 N–H and O–H groups in total. The molecule has 1 aliphatic rings. The molecule has 1 aromatic heterocycles. The van der Waals surface area contributed by atoms with Crippen molar-refractivity contribution < 1.29 is 4.74 Å². The third-order valence-electron chi connectivity index (χ3n) is 3.06. The van der Waals surface area contributed by atoms with Gasteiger partial charge >= 0.3 is 0 Å². The van der Waals surface area contributed by atoms with Gasteiger partial charge in [0.25, 0.3) is 0 Å². The third kappa shape index (κ3) is 3.33. The highest BCUT2D eigenvalue weighted by atomic mass is 127. The molecule has 1 aromatic rings.